The zero-order valence-electron chi connectivity index (χ0n) is 12.6. The fourth-order valence-corrected chi connectivity index (χ4v) is 4.06. The van der Waals surface area contributed by atoms with Crippen LogP contribution in [0.1, 0.15) is 41.3 Å². The topological polar surface area (TPSA) is 35.6 Å². The normalized spacial score (nSPS) is 28.5. The lowest BCUT2D eigenvalue weighted by Gasteiger charge is -2.42. The summed E-state index contributed by atoms with van der Waals surface area (Å²) in [5.41, 5.74) is 3.48. The average molecular weight is 285 g/mol. The minimum atomic E-state index is 0.212. The summed E-state index contributed by atoms with van der Waals surface area (Å²) in [5, 5.41) is 3.34. The van der Waals surface area contributed by atoms with Gasteiger partial charge in [-0.3, -0.25) is 9.69 Å². The van der Waals surface area contributed by atoms with Crippen molar-refractivity contribution in [2.24, 2.45) is 0 Å². The van der Waals surface area contributed by atoms with Crippen molar-refractivity contribution in [3.05, 3.63) is 34.9 Å². The summed E-state index contributed by atoms with van der Waals surface area (Å²) >= 11 is 0. The van der Waals surface area contributed by atoms with E-state index in [0.29, 0.717) is 12.1 Å². The molecule has 2 saturated heterocycles. The van der Waals surface area contributed by atoms with Gasteiger partial charge in [0.15, 0.2) is 0 Å². The molecule has 4 heteroatoms. The molecule has 2 atom stereocenters. The Balaban J connectivity index is 1.56. The highest BCUT2D eigenvalue weighted by Gasteiger charge is 2.36. The molecule has 1 amide bonds. The maximum atomic E-state index is 12.9. The number of hydrogen-bond donors (Lipinski definition) is 1. The first-order valence-electron chi connectivity index (χ1n) is 8.10. The van der Waals surface area contributed by atoms with E-state index < -0.39 is 0 Å². The van der Waals surface area contributed by atoms with Gasteiger partial charge in [0.05, 0.1) is 0 Å². The van der Waals surface area contributed by atoms with Crippen LogP contribution < -0.4 is 5.32 Å². The van der Waals surface area contributed by atoms with Crippen molar-refractivity contribution in [2.45, 2.75) is 44.9 Å². The highest BCUT2D eigenvalue weighted by Crippen LogP contribution is 2.26. The molecular formula is C17H23N3O. The molecule has 3 aliphatic rings. The molecule has 2 unspecified atom stereocenters. The molecule has 4 rings (SSSR count). The van der Waals surface area contributed by atoms with E-state index in [4.69, 9.17) is 0 Å². The summed E-state index contributed by atoms with van der Waals surface area (Å²) in [6.45, 7) is 7.14. The van der Waals surface area contributed by atoms with Crippen LogP contribution in [0.15, 0.2) is 18.2 Å². The van der Waals surface area contributed by atoms with Crippen LogP contribution in [0.5, 0.6) is 0 Å². The van der Waals surface area contributed by atoms with Gasteiger partial charge in [0.2, 0.25) is 0 Å². The Morgan fingerprint density at radius 1 is 1.24 bits per heavy atom. The predicted octanol–water partition coefficient (Wildman–Crippen LogP) is 1.60. The van der Waals surface area contributed by atoms with Gasteiger partial charge in [0.25, 0.3) is 5.91 Å². The SMILES string of the molecule is CC1CN2CCCC2CN1C(=O)c1ccc2c(c1)CNC2. The molecule has 1 aromatic carbocycles. The molecule has 0 saturated carbocycles. The van der Waals surface area contributed by atoms with E-state index in [1.807, 2.05) is 6.07 Å². The zero-order chi connectivity index (χ0) is 14.4. The van der Waals surface area contributed by atoms with E-state index in [0.717, 1.165) is 31.7 Å². The van der Waals surface area contributed by atoms with E-state index in [9.17, 15) is 4.79 Å². The van der Waals surface area contributed by atoms with Gasteiger partial charge >= 0.3 is 0 Å². The second-order valence-corrected chi connectivity index (χ2v) is 6.68. The van der Waals surface area contributed by atoms with Crippen molar-refractivity contribution in [1.82, 2.24) is 15.1 Å². The van der Waals surface area contributed by atoms with Crippen molar-refractivity contribution in [1.29, 1.82) is 0 Å². The van der Waals surface area contributed by atoms with Gasteiger partial charge in [0.1, 0.15) is 0 Å². The molecule has 0 bridgehead atoms. The molecule has 3 aliphatic heterocycles. The quantitative estimate of drug-likeness (QED) is 0.851. The maximum absolute atomic E-state index is 12.9. The number of nitrogens with zero attached hydrogens (tertiary/aromatic N) is 2. The van der Waals surface area contributed by atoms with Crippen LogP contribution in [-0.4, -0.2) is 47.4 Å². The molecule has 0 aliphatic carbocycles. The maximum Gasteiger partial charge on any atom is 0.254 e. The van der Waals surface area contributed by atoms with Gasteiger partial charge in [-0.15, -0.1) is 0 Å². The molecule has 3 heterocycles. The second-order valence-electron chi connectivity index (χ2n) is 6.68. The van der Waals surface area contributed by atoms with Gasteiger partial charge in [-0.05, 0) is 49.6 Å². The summed E-state index contributed by atoms with van der Waals surface area (Å²) in [6, 6.07) is 7.10. The predicted molar refractivity (Wildman–Crippen MR) is 82.1 cm³/mol. The third-order valence-electron chi connectivity index (χ3n) is 5.28. The molecular weight excluding hydrogens is 262 g/mol. The van der Waals surface area contributed by atoms with Gasteiger partial charge in [-0.25, -0.2) is 0 Å². The van der Waals surface area contributed by atoms with Crippen molar-refractivity contribution < 1.29 is 4.79 Å². The van der Waals surface area contributed by atoms with E-state index in [2.05, 4.69) is 34.2 Å². The summed E-state index contributed by atoms with van der Waals surface area (Å²) in [4.78, 5) is 17.5. The molecule has 21 heavy (non-hydrogen) atoms. The summed E-state index contributed by atoms with van der Waals surface area (Å²) in [7, 11) is 0. The van der Waals surface area contributed by atoms with E-state index in [-0.39, 0.29) is 5.91 Å². The fraction of sp³-hybridized carbons (Fsp3) is 0.588. The minimum Gasteiger partial charge on any atom is -0.333 e. The number of carbonyl (C=O) groups is 1. The zero-order valence-corrected chi connectivity index (χ0v) is 12.6. The minimum absolute atomic E-state index is 0.212. The monoisotopic (exact) mass is 285 g/mol. The lowest BCUT2D eigenvalue weighted by atomic mass is 10.0. The molecule has 4 nitrogen and oxygen atoms in total. The Kier molecular flexibility index (Phi) is 3.23. The molecule has 1 N–H and O–H groups in total. The number of carbonyl (C=O) groups excluding carboxylic acids is 1. The van der Waals surface area contributed by atoms with E-state index in [1.54, 1.807) is 0 Å². The molecule has 0 aromatic heterocycles. The summed E-state index contributed by atoms with van der Waals surface area (Å²) < 4.78 is 0. The lowest BCUT2D eigenvalue weighted by molar-refractivity contribution is 0.0395. The third-order valence-corrected chi connectivity index (χ3v) is 5.28. The number of piperazine rings is 1. The van der Waals surface area contributed by atoms with Gasteiger partial charge in [-0.2, -0.15) is 0 Å². The number of amides is 1. The van der Waals surface area contributed by atoms with Crippen LogP contribution >= 0.6 is 0 Å². The number of nitrogens with one attached hydrogen (secondary N) is 1. The van der Waals surface area contributed by atoms with Crippen molar-refractivity contribution in [3.63, 3.8) is 0 Å². The second kappa shape index (κ2) is 5.11. The Hall–Kier alpha value is -1.39. The van der Waals surface area contributed by atoms with Crippen LogP contribution in [0.3, 0.4) is 0 Å². The molecule has 1 aromatic rings. The molecule has 2 fully saturated rings. The lowest BCUT2D eigenvalue weighted by Crippen LogP contribution is -2.56. The van der Waals surface area contributed by atoms with Crippen LogP contribution in [0, 0.1) is 0 Å². The Morgan fingerprint density at radius 2 is 2.10 bits per heavy atom. The van der Waals surface area contributed by atoms with Crippen LogP contribution in [0.25, 0.3) is 0 Å². The van der Waals surface area contributed by atoms with Crippen LogP contribution in [-0.2, 0) is 13.1 Å². The Labute approximate surface area is 126 Å². The largest absolute Gasteiger partial charge is 0.333 e. The highest BCUT2D eigenvalue weighted by atomic mass is 16.2. The summed E-state index contributed by atoms with van der Waals surface area (Å²) in [6.07, 6.45) is 2.52. The third kappa shape index (κ3) is 2.27. The standard InChI is InChI=1S/C17H23N3O/c1-12-10-19-6-2-3-16(19)11-20(12)17(21)13-4-5-14-8-18-9-15(14)7-13/h4-5,7,12,16,18H,2-3,6,8-11H2,1H3. The Morgan fingerprint density at radius 3 is 3.00 bits per heavy atom. The van der Waals surface area contributed by atoms with Crippen molar-refractivity contribution in [2.75, 3.05) is 19.6 Å². The van der Waals surface area contributed by atoms with E-state index in [1.165, 1.54) is 30.5 Å². The fourth-order valence-electron chi connectivity index (χ4n) is 4.06. The highest BCUT2D eigenvalue weighted by molar-refractivity contribution is 5.95. The van der Waals surface area contributed by atoms with Gasteiger partial charge < -0.3 is 10.2 Å². The summed E-state index contributed by atoms with van der Waals surface area (Å²) in [5.74, 6) is 0.212. The number of hydrogen-bond acceptors (Lipinski definition) is 3. The van der Waals surface area contributed by atoms with Crippen LogP contribution in [0.2, 0.25) is 0 Å². The van der Waals surface area contributed by atoms with Crippen LogP contribution in [0.4, 0.5) is 0 Å². The van der Waals surface area contributed by atoms with Crippen molar-refractivity contribution >= 4 is 5.91 Å². The first-order valence-corrected chi connectivity index (χ1v) is 8.10. The number of rotatable bonds is 1. The first kappa shape index (κ1) is 13.3. The average Bonchev–Trinajstić information content (AvgIpc) is 3.12. The van der Waals surface area contributed by atoms with Crippen molar-refractivity contribution in [3.8, 4) is 0 Å². The van der Waals surface area contributed by atoms with E-state index >= 15 is 0 Å². The Bertz CT molecular complexity index is 571. The molecule has 0 radical (unpaired) electrons. The smallest absolute Gasteiger partial charge is 0.254 e. The number of fused-ring (bicyclic) bond motifs is 2. The molecule has 112 valence electrons. The molecule has 0 spiro atoms. The number of benzene rings is 1. The van der Waals surface area contributed by atoms with Gasteiger partial charge in [-0.1, -0.05) is 6.07 Å². The first-order chi connectivity index (χ1) is 10.2. The van der Waals surface area contributed by atoms with Gasteiger partial charge in [0, 0.05) is 43.8 Å².